The van der Waals surface area contributed by atoms with Crippen molar-refractivity contribution in [3.05, 3.63) is 0 Å². The van der Waals surface area contributed by atoms with E-state index in [2.05, 4.69) is 0 Å². The van der Waals surface area contributed by atoms with Crippen molar-refractivity contribution in [1.82, 2.24) is 4.90 Å². The van der Waals surface area contributed by atoms with Crippen LogP contribution in [0.25, 0.3) is 0 Å². The molecule has 0 saturated heterocycles. The fraction of sp³-hybridized carbons (Fsp3) is 0.900. The van der Waals surface area contributed by atoms with Gasteiger partial charge in [-0.15, -0.1) is 0 Å². The second-order valence-electron chi connectivity index (χ2n) is 4.26. The molecule has 0 aliphatic carbocycles. The average molecular weight is 187 g/mol. The lowest BCUT2D eigenvalue weighted by Crippen LogP contribution is -2.28. The Morgan fingerprint density at radius 2 is 1.85 bits per heavy atom. The number of carbonyl (C=O) groups excluding carboxylic acids is 1. The summed E-state index contributed by atoms with van der Waals surface area (Å²) in [6, 6.07) is 0. The minimum atomic E-state index is -0.513. The molecule has 0 unspecified atom stereocenters. The van der Waals surface area contributed by atoms with Crippen molar-refractivity contribution in [2.24, 2.45) is 5.92 Å². The molecule has 1 N–H and O–H groups in total. The number of hydrogen-bond acceptors (Lipinski definition) is 3. The number of ketones is 1. The molecule has 3 nitrogen and oxygen atoms in total. The Morgan fingerprint density at radius 3 is 2.23 bits per heavy atom. The Bertz CT molecular complexity index is 155. The predicted octanol–water partition coefficient (Wildman–Crippen LogP) is 0.914. The monoisotopic (exact) mass is 187 g/mol. The van der Waals surface area contributed by atoms with E-state index in [9.17, 15) is 9.90 Å². The van der Waals surface area contributed by atoms with E-state index in [0.717, 1.165) is 0 Å². The smallest absolute Gasteiger partial charge is 0.135 e. The van der Waals surface area contributed by atoms with Crippen molar-refractivity contribution in [3.8, 4) is 0 Å². The van der Waals surface area contributed by atoms with Crippen molar-refractivity contribution in [2.75, 3.05) is 20.6 Å². The molecular formula is C10H21NO2. The molecule has 0 fully saturated rings. The number of rotatable bonds is 6. The molecule has 0 amide bonds. The Labute approximate surface area is 80.7 Å². The normalized spacial score (nSPS) is 13.8. The zero-order valence-electron chi connectivity index (χ0n) is 9.08. The Kier molecular flexibility index (Phi) is 5.91. The van der Waals surface area contributed by atoms with Gasteiger partial charge in [0.25, 0.3) is 0 Å². The Balaban J connectivity index is 3.65. The number of aliphatic hydroxyl groups excluding tert-OH is 1. The molecule has 0 aromatic heterocycles. The maximum absolute atomic E-state index is 11.3. The van der Waals surface area contributed by atoms with Crippen LogP contribution in [0.2, 0.25) is 0 Å². The van der Waals surface area contributed by atoms with Crippen molar-refractivity contribution >= 4 is 5.78 Å². The van der Waals surface area contributed by atoms with Gasteiger partial charge < -0.3 is 10.0 Å². The van der Waals surface area contributed by atoms with E-state index < -0.39 is 6.10 Å². The quantitative estimate of drug-likeness (QED) is 0.672. The summed E-state index contributed by atoms with van der Waals surface area (Å²) < 4.78 is 0. The van der Waals surface area contributed by atoms with Gasteiger partial charge in [0.05, 0.1) is 6.10 Å². The van der Waals surface area contributed by atoms with Gasteiger partial charge in [-0.2, -0.15) is 0 Å². The highest BCUT2D eigenvalue weighted by Gasteiger charge is 2.12. The minimum absolute atomic E-state index is 0.157. The Morgan fingerprint density at radius 1 is 1.31 bits per heavy atom. The standard InChI is InChI=1S/C10H21NO2/c1-8(2)5-9(12)6-10(13)7-11(3)4/h8,10,13H,5-7H2,1-4H3/t10-/m0/s1. The maximum atomic E-state index is 11.3. The molecule has 13 heavy (non-hydrogen) atoms. The third-order valence-corrected chi connectivity index (χ3v) is 1.68. The van der Waals surface area contributed by atoms with Crippen LogP contribution in [0, 0.1) is 5.92 Å². The van der Waals surface area contributed by atoms with Crippen molar-refractivity contribution < 1.29 is 9.90 Å². The first-order chi connectivity index (χ1) is 5.91. The van der Waals surface area contributed by atoms with Gasteiger partial charge in [-0.3, -0.25) is 4.79 Å². The average Bonchev–Trinajstić information content (AvgIpc) is 1.80. The largest absolute Gasteiger partial charge is 0.391 e. The lowest BCUT2D eigenvalue weighted by atomic mass is 10.0. The van der Waals surface area contributed by atoms with Crippen molar-refractivity contribution in [3.63, 3.8) is 0 Å². The van der Waals surface area contributed by atoms with E-state index in [1.54, 1.807) is 0 Å². The van der Waals surface area contributed by atoms with E-state index in [4.69, 9.17) is 0 Å². The highest BCUT2D eigenvalue weighted by Crippen LogP contribution is 2.05. The summed E-state index contributed by atoms with van der Waals surface area (Å²) in [7, 11) is 3.77. The van der Waals surface area contributed by atoms with Crippen LogP contribution in [0.15, 0.2) is 0 Å². The highest BCUT2D eigenvalue weighted by atomic mass is 16.3. The van der Waals surface area contributed by atoms with Crippen LogP contribution in [0.1, 0.15) is 26.7 Å². The maximum Gasteiger partial charge on any atom is 0.135 e. The molecule has 0 aromatic carbocycles. The van der Waals surface area contributed by atoms with Crippen LogP contribution in [0.3, 0.4) is 0 Å². The minimum Gasteiger partial charge on any atom is -0.391 e. The van der Waals surface area contributed by atoms with E-state index in [1.165, 1.54) is 0 Å². The van der Waals surface area contributed by atoms with E-state index in [-0.39, 0.29) is 12.2 Å². The first-order valence-corrected chi connectivity index (χ1v) is 4.76. The van der Waals surface area contributed by atoms with Gasteiger partial charge in [0, 0.05) is 19.4 Å². The Hall–Kier alpha value is -0.410. The second-order valence-corrected chi connectivity index (χ2v) is 4.26. The fourth-order valence-corrected chi connectivity index (χ4v) is 1.29. The molecular weight excluding hydrogens is 166 g/mol. The number of Topliss-reactive ketones (excluding diaryl/α,β-unsaturated/α-hetero) is 1. The third-order valence-electron chi connectivity index (χ3n) is 1.68. The molecule has 3 heteroatoms. The summed E-state index contributed by atoms with van der Waals surface area (Å²) in [6.07, 6.45) is 0.349. The summed E-state index contributed by atoms with van der Waals surface area (Å²) in [6.45, 7) is 4.58. The predicted molar refractivity (Wildman–Crippen MR) is 53.6 cm³/mol. The van der Waals surface area contributed by atoms with Gasteiger partial charge in [0.2, 0.25) is 0 Å². The highest BCUT2D eigenvalue weighted by molar-refractivity contribution is 5.79. The molecule has 0 heterocycles. The molecule has 0 radical (unpaired) electrons. The van der Waals surface area contributed by atoms with Gasteiger partial charge in [-0.1, -0.05) is 13.8 Å². The molecule has 0 bridgehead atoms. The number of likely N-dealkylation sites (N-methyl/N-ethyl adjacent to an activating group) is 1. The molecule has 0 saturated carbocycles. The summed E-state index contributed by atoms with van der Waals surface area (Å²) >= 11 is 0. The molecule has 0 aliphatic rings. The van der Waals surface area contributed by atoms with Gasteiger partial charge >= 0.3 is 0 Å². The van der Waals surface area contributed by atoms with Crippen molar-refractivity contribution in [2.45, 2.75) is 32.8 Å². The van der Waals surface area contributed by atoms with Gasteiger partial charge in [-0.05, 0) is 20.0 Å². The summed E-state index contributed by atoms with van der Waals surface area (Å²) in [5.74, 6) is 0.545. The van der Waals surface area contributed by atoms with Gasteiger partial charge in [0.15, 0.2) is 0 Å². The van der Waals surface area contributed by atoms with Gasteiger partial charge in [-0.25, -0.2) is 0 Å². The zero-order chi connectivity index (χ0) is 10.4. The van der Waals surface area contributed by atoms with Crippen LogP contribution >= 0.6 is 0 Å². The molecule has 0 aliphatic heterocycles. The molecule has 0 spiro atoms. The number of aliphatic hydroxyl groups is 1. The van der Waals surface area contributed by atoms with Crippen LogP contribution in [0.4, 0.5) is 0 Å². The lowest BCUT2D eigenvalue weighted by molar-refractivity contribution is -0.121. The zero-order valence-corrected chi connectivity index (χ0v) is 9.08. The lowest BCUT2D eigenvalue weighted by Gasteiger charge is -2.15. The summed E-state index contributed by atoms with van der Waals surface area (Å²) in [5, 5.41) is 9.44. The van der Waals surface area contributed by atoms with Crippen molar-refractivity contribution in [1.29, 1.82) is 0 Å². The fourth-order valence-electron chi connectivity index (χ4n) is 1.29. The molecule has 0 aromatic rings. The first-order valence-electron chi connectivity index (χ1n) is 4.76. The molecule has 0 rings (SSSR count). The molecule has 1 atom stereocenters. The van der Waals surface area contributed by atoms with E-state index >= 15 is 0 Å². The second kappa shape index (κ2) is 6.11. The van der Waals surface area contributed by atoms with Gasteiger partial charge in [0.1, 0.15) is 5.78 Å². The number of hydrogen-bond donors (Lipinski definition) is 1. The molecule has 78 valence electrons. The van der Waals surface area contributed by atoms with Crippen LogP contribution in [-0.2, 0) is 4.79 Å². The summed E-state index contributed by atoms with van der Waals surface area (Å²) in [4.78, 5) is 13.1. The van der Waals surface area contributed by atoms with Crippen LogP contribution < -0.4 is 0 Å². The first kappa shape index (κ1) is 12.6. The third kappa shape index (κ3) is 7.94. The SMILES string of the molecule is CC(C)CC(=O)C[C@H](O)CN(C)C. The summed E-state index contributed by atoms with van der Waals surface area (Å²) in [5.41, 5.74) is 0. The number of carbonyl (C=O) groups is 1. The topological polar surface area (TPSA) is 40.5 Å². The number of nitrogens with zero attached hydrogens (tertiary/aromatic N) is 1. The van der Waals surface area contributed by atoms with Crippen LogP contribution in [-0.4, -0.2) is 42.5 Å². The van der Waals surface area contributed by atoms with E-state index in [1.807, 2.05) is 32.8 Å². The van der Waals surface area contributed by atoms with E-state index in [0.29, 0.717) is 18.9 Å². The van der Waals surface area contributed by atoms with Crippen LogP contribution in [0.5, 0.6) is 0 Å².